The molecule has 5 atom stereocenters. The third-order valence-electron chi connectivity index (χ3n) is 3.19. The standard InChI is InChI=1S/C14H17ClO7/c1-7(17)20-13-12(19)11(18)10(6-16)22-14(13)21-9-4-2-8(15)3-5-9/h2-5,10-14,16,18-19H,6H2,1H3. The van der Waals surface area contributed by atoms with E-state index in [4.69, 9.17) is 25.8 Å². The maximum absolute atomic E-state index is 11.2. The third kappa shape index (κ3) is 3.88. The average Bonchev–Trinajstić information content (AvgIpc) is 2.48. The fourth-order valence-electron chi connectivity index (χ4n) is 2.12. The number of benzene rings is 1. The Morgan fingerprint density at radius 2 is 1.91 bits per heavy atom. The molecule has 0 aliphatic carbocycles. The van der Waals surface area contributed by atoms with Gasteiger partial charge in [0.2, 0.25) is 6.29 Å². The van der Waals surface area contributed by atoms with Crippen LogP contribution in [0.2, 0.25) is 5.02 Å². The van der Waals surface area contributed by atoms with Crippen molar-refractivity contribution in [3.8, 4) is 5.75 Å². The van der Waals surface area contributed by atoms with Crippen LogP contribution in [0.25, 0.3) is 0 Å². The van der Waals surface area contributed by atoms with Crippen LogP contribution in [0, 0.1) is 0 Å². The van der Waals surface area contributed by atoms with E-state index in [1.54, 1.807) is 24.3 Å². The van der Waals surface area contributed by atoms with Gasteiger partial charge in [-0.3, -0.25) is 4.79 Å². The summed E-state index contributed by atoms with van der Waals surface area (Å²) in [5, 5.41) is 29.6. The first kappa shape index (κ1) is 17.0. The smallest absolute Gasteiger partial charge is 0.303 e. The molecule has 0 amide bonds. The molecule has 0 saturated carbocycles. The molecule has 1 aromatic rings. The molecule has 122 valence electrons. The van der Waals surface area contributed by atoms with Crippen molar-refractivity contribution in [3.05, 3.63) is 29.3 Å². The Balaban J connectivity index is 2.18. The number of halogens is 1. The number of aliphatic hydroxyl groups is 3. The van der Waals surface area contributed by atoms with E-state index in [2.05, 4.69) is 0 Å². The molecule has 1 aliphatic rings. The molecule has 0 aromatic heterocycles. The van der Waals surface area contributed by atoms with E-state index in [0.717, 1.165) is 6.92 Å². The number of carbonyl (C=O) groups excluding carboxylic acids is 1. The average molecular weight is 333 g/mol. The van der Waals surface area contributed by atoms with E-state index >= 15 is 0 Å². The van der Waals surface area contributed by atoms with Crippen LogP contribution in [-0.2, 0) is 14.3 Å². The van der Waals surface area contributed by atoms with Gasteiger partial charge >= 0.3 is 5.97 Å². The Morgan fingerprint density at radius 1 is 1.27 bits per heavy atom. The van der Waals surface area contributed by atoms with E-state index in [1.807, 2.05) is 0 Å². The quantitative estimate of drug-likeness (QED) is 0.671. The molecular weight excluding hydrogens is 316 g/mol. The monoisotopic (exact) mass is 332 g/mol. The molecule has 1 heterocycles. The van der Waals surface area contributed by atoms with Crippen molar-refractivity contribution in [2.24, 2.45) is 0 Å². The third-order valence-corrected chi connectivity index (χ3v) is 3.44. The van der Waals surface area contributed by atoms with Crippen molar-refractivity contribution in [2.75, 3.05) is 6.61 Å². The van der Waals surface area contributed by atoms with Crippen LogP contribution in [0.3, 0.4) is 0 Å². The molecule has 3 N–H and O–H groups in total. The lowest BCUT2D eigenvalue weighted by atomic mass is 9.99. The van der Waals surface area contributed by atoms with Crippen LogP contribution in [0.1, 0.15) is 6.92 Å². The Morgan fingerprint density at radius 3 is 2.45 bits per heavy atom. The number of esters is 1. The Hall–Kier alpha value is -1.38. The number of ether oxygens (including phenoxy) is 3. The molecule has 0 spiro atoms. The van der Waals surface area contributed by atoms with E-state index in [0.29, 0.717) is 10.8 Å². The molecule has 1 aromatic carbocycles. The number of rotatable bonds is 4. The van der Waals surface area contributed by atoms with E-state index in [9.17, 15) is 20.1 Å². The maximum Gasteiger partial charge on any atom is 0.303 e. The molecule has 5 unspecified atom stereocenters. The zero-order valence-corrected chi connectivity index (χ0v) is 12.5. The normalized spacial score (nSPS) is 31.6. The van der Waals surface area contributed by atoms with Gasteiger partial charge in [-0.1, -0.05) is 11.6 Å². The highest BCUT2D eigenvalue weighted by Gasteiger charge is 2.47. The summed E-state index contributed by atoms with van der Waals surface area (Å²) in [4.78, 5) is 11.2. The highest BCUT2D eigenvalue weighted by molar-refractivity contribution is 6.30. The second-order valence-corrected chi connectivity index (χ2v) is 5.29. The molecule has 1 fully saturated rings. The van der Waals surface area contributed by atoms with Crippen LogP contribution in [-0.4, -0.2) is 58.6 Å². The molecule has 0 bridgehead atoms. The summed E-state index contributed by atoms with van der Waals surface area (Å²) in [5.41, 5.74) is 0. The predicted molar refractivity (Wildman–Crippen MR) is 75.4 cm³/mol. The molecule has 1 saturated heterocycles. The predicted octanol–water partition coefficient (Wildman–Crippen LogP) is 0.0895. The first-order valence-electron chi connectivity index (χ1n) is 6.64. The van der Waals surface area contributed by atoms with Gasteiger partial charge in [0.15, 0.2) is 6.10 Å². The highest BCUT2D eigenvalue weighted by atomic mass is 35.5. The van der Waals surface area contributed by atoms with Crippen LogP contribution in [0.5, 0.6) is 5.75 Å². The van der Waals surface area contributed by atoms with Crippen molar-refractivity contribution in [1.29, 1.82) is 0 Å². The largest absolute Gasteiger partial charge is 0.461 e. The molecule has 22 heavy (non-hydrogen) atoms. The second-order valence-electron chi connectivity index (χ2n) is 4.85. The fourth-order valence-corrected chi connectivity index (χ4v) is 2.24. The molecule has 1 aliphatic heterocycles. The number of hydrogen-bond acceptors (Lipinski definition) is 7. The van der Waals surface area contributed by atoms with E-state index < -0.39 is 43.3 Å². The summed E-state index contributed by atoms with van der Waals surface area (Å²) in [6.07, 6.45) is -6.32. The Labute approximate surface area is 132 Å². The van der Waals surface area contributed by atoms with Crippen LogP contribution >= 0.6 is 11.6 Å². The molecule has 7 nitrogen and oxygen atoms in total. The van der Waals surface area contributed by atoms with Gasteiger partial charge < -0.3 is 29.5 Å². The van der Waals surface area contributed by atoms with Crippen molar-refractivity contribution in [3.63, 3.8) is 0 Å². The number of carbonyl (C=O) groups is 1. The lowest BCUT2D eigenvalue weighted by molar-refractivity contribution is -0.281. The van der Waals surface area contributed by atoms with Crippen molar-refractivity contribution in [2.45, 2.75) is 37.6 Å². The van der Waals surface area contributed by atoms with Crippen molar-refractivity contribution >= 4 is 17.6 Å². The molecule has 2 rings (SSSR count). The lowest BCUT2D eigenvalue weighted by Crippen LogP contribution is -2.61. The summed E-state index contributed by atoms with van der Waals surface area (Å²) in [6.45, 7) is 0.641. The first-order chi connectivity index (χ1) is 10.4. The first-order valence-corrected chi connectivity index (χ1v) is 7.02. The van der Waals surface area contributed by atoms with Gasteiger partial charge in [0.1, 0.15) is 24.1 Å². The van der Waals surface area contributed by atoms with Crippen LogP contribution in [0.4, 0.5) is 0 Å². The summed E-state index contributed by atoms with van der Waals surface area (Å²) >= 11 is 5.78. The van der Waals surface area contributed by atoms with Gasteiger partial charge in [-0.25, -0.2) is 0 Å². The minimum atomic E-state index is -1.45. The van der Waals surface area contributed by atoms with Crippen LogP contribution in [0.15, 0.2) is 24.3 Å². The van der Waals surface area contributed by atoms with Gasteiger partial charge in [0.25, 0.3) is 0 Å². The maximum atomic E-state index is 11.2. The molecule has 0 radical (unpaired) electrons. The van der Waals surface area contributed by atoms with E-state index in [-0.39, 0.29) is 0 Å². The lowest BCUT2D eigenvalue weighted by Gasteiger charge is -2.41. The zero-order valence-electron chi connectivity index (χ0n) is 11.8. The SMILES string of the molecule is CC(=O)OC1C(Oc2ccc(Cl)cc2)OC(CO)C(O)C1O. The van der Waals surface area contributed by atoms with Gasteiger partial charge in [-0.05, 0) is 24.3 Å². The Kier molecular flexibility index (Phi) is 5.60. The van der Waals surface area contributed by atoms with Crippen LogP contribution < -0.4 is 4.74 Å². The number of aliphatic hydroxyl groups excluding tert-OH is 3. The minimum Gasteiger partial charge on any atom is -0.461 e. The molecule has 8 heteroatoms. The summed E-state index contributed by atoms with van der Waals surface area (Å²) in [6, 6.07) is 6.33. The van der Waals surface area contributed by atoms with Gasteiger partial charge in [0.05, 0.1) is 6.61 Å². The number of hydrogen-bond donors (Lipinski definition) is 3. The fraction of sp³-hybridized carbons (Fsp3) is 0.500. The summed E-state index contributed by atoms with van der Waals surface area (Å²) in [5.74, 6) is -0.293. The Bertz CT molecular complexity index is 506. The minimum absolute atomic E-state index is 0.367. The van der Waals surface area contributed by atoms with Crippen molar-refractivity contribution in [1.82, 2.24) is 0 Å². The van der Waals surface area contributed by atoms with Gasteiger partial charge in [-0.2, -0.15) is 0 Å². The molecular formula is C14H17ClO7. The zero-order chi connectivity index (χ0) is 16.3. The van der Waals surface area contributed by atoms with Gasteiger partial charge in [-0.15, -0.1) is 0 Å². The summed E-state index contributed by atoms with van der Waals surface area (Å²) in [7, 11) is 0. The van der Waals surface area contributed by atoms with E-state index in [1.165, 1.54) is 0 Å². The van der Waals surface area contributed by atoms with Crippen molar-refractivity contribution < 1.29 is 34.3 Å². The highest BCUT2D eigenvalue weighted by Crippen LogP contribution is 2.27. The topological polar surface area (TPSA) is 105 Å². The summed E-state index contributed by atoms with van der Waals surface area (Å²) < 4.78 is 15.9. The second kappa shape index (κ2) is 7.26. The van der Waals surface area contributed by atoms with Gasteiger partial charge in [0, 0.05) is 11.9 Å².